The Bertz CT molecular complexity index is 1210. The molecule has 0 aliphatic carbocycles. The number of para-hydroxylation sites is 2. The number of aromatic nitrogens is 1. The van der Waals surface area contributed by atoms with Gasteiger partial charge in [0, 0.05) is 17.1 Å². The lowest BCUT2D eigenvalue weighted by molar-refractivity contribution is 0.102. The lowest BCUT2D eigenvalue weighted by Crippen LogP contribution is -2.16. The van der Waals surface area contributed by atoms with Gasteiger partial charge in [-0.3, -0.25) is 9.36 Å². The Morgan fingerprint density at radius 1 is 0.839 bits per heavy atom. The second-order valence-electron chi connectivity index (χ2n) is 7.08. The minimum Gasteiger partial charge on any atom is -0.495 e. The Labute approximate surface area is 181 Å². The molecule has 0 spiro atoms. The van der Waals surface area contributed by atoms with E-state index in [1.807, 2.05) is 62.3 Å². The Morgan fingerprint density at radius 2 is 1.45 bits per heavy atom. The number of carbonyl (C=O) groups excluding carboxylic acids is 1. The van der Waals surface area contributed by atoms with Gasteiger partial charge in [0.05, 0.1) is 19.0 Å². The van der Waals surface area contributed by atoms with Crippen LogP contribution in [0.4, 0.5) is 17.1 Å². The van der Waals surface area contributed by atoms with Gasteiger partial charge in [-0.25, -0.2) is 0 Å². The first-order chi connectivity index (χ1) is 15.1. The largest absolute Gasteiger partial charge is 0.495 e. The van der Waals surface area contributed by atoms with E-state index >= 15 is 0 Å². The summed E-state index contributed by atoms with van der Waals surface area (Å²) in [7, 11) is 2.44. The number of hydrogen-bond donors (Lipinski definition) is 4. The molecule has 0 atom stereocenters. The molecule has 4 aromatic rings. The van der Waals surface area contributed by atoms with Crippen molar-refractivity contribution in [3.63, 3.8) is 0 Å². The first-order valence-electron chi connectivity index (χ1n) is 10.0. The van der Waals surface area contributed by atoms with E-state index in [-0.39, 0.29) is 17.7 Å². The molecule has 0 saturated heterocycles. The van der Waals surface area contributed by atoms with Crippen LogP contribution in [-0.4, -0.2) is 35.6 Å². The van der Waals surface area contributed by atoms with Crippen molar-refractivity contribution in [2.24, 2.45) is 0 Å². The molecule has 0 bridgehead atoms. The molecule has 4 N–H and O–H groups in total. The third kappa shape index (κ3) is 4.28. The number of nitrogens with one attached hydrogen (secondary N) is 2. The number of anilines is 3. The molecule has 0 unspecified atom stereocenters. The molecule has 0 saturated carbocycles. The number of hydrogen-bond acceptors (Lipinski definition) is 4. The molecule has 0 radical (unpaired) electrons. The third-order valence-corrected chi connectivity index (χ3v) is 5.01. The van der Waals surface area contributed by atoms with E-state index in [0.717, 1.165) is 11.4 Å². The van der Waals surface area contributed by atoms with E-state index in [2.05, 4.69) is 10.6 Å². The maximum absolute atomic E-state index is 13.0. The number of nitrogens with zero attached hydrogens (tertiary/aromatic N) is 1. The van der Waals surface area contributed by atoms with Crippen molar-refractivity contribution in [2.45, 2.75) is 0 Å². The summed E-state index contributed by atoms with van der Waals surface area (Å²) in [6, 6.07) is 25.5. The maximum Gasteiger partial charge on any atom is 0.257 e. The van der Waals surface area contributed by atoms with Crippen LogP contribution in [-0.2, 0) is 0 Å². The fourth-order valence-corrected chi connectivity index (χ4v) is 3.42. The van der Waals surface area contributed by atoms with E-state index in [9.17, 15) is 15.0 Å². The summed E-state index contributed by atoms with van der Waals surface area (Å²) in [6.07, 6.45) is 0. The van der Waals surface area contributed by atoms with Crippen LogP contribution in [0.3, 0.4) is 0 Å². The standard InChI is InChI=1S/C23H21B2N3O3/c24-25-19-14-21(29)28(23(19)31)20-9-5-4-8-18(20)22(30)27-17-12-10-16(11-13-17)26-15-6-2-1-3-7-15/h1-14,25-26,29,31H,24H2,(H,27,30). The molecule has 8 heteroatoms. The van der Waals surface area contributed by atoms with Crippen LogP contribution in [0.15, 0.2) is 84.9 Å². The maximum atomic E-state index is 13.0. The van der Waals surface area contributed by atoms with Crippen LogP contribution in [0.1, 0.15) is 10.4 Å². The van der Waals surface area contributed by atoms with Crippen molar-refractivity contribution in [2.75, 3.05) is 10.6 Å². The SMILES string of the molecule is BBc1cc(O)n(-c2ccccc2C(=O)Nc2ccc(Nc3ccccc3)cc2)c1O. The fraction of sp³-hybridized carbons (Fsp3) is 0. The quantitative estimate of drug-likeness (QED) is 0.369. The molecule has 0 fully saturated rings. The number of rotatable bonds is 6. The minimum absolute atomic E-state index is 0.0726. The van der Waals surface area contributed by atoms with E-state index in [1.54, 1.807) is 24.3 Å². The van der Waals surface area contributed by atoms with Gasteiger partial charge in [0.1, 0.15) is 7.17 Å². The highest BCUT2D eigenvalue weighted by molar-refractivity contribution is 6.98. The van der Waals surface area contributed by atoms with Crippen molar-refractivity contribution in [3.05, 3.63) is 90.5 Å². The van der Waals surface area contributed by atoms with Gasteiger partial charge in [-0.1, -0.05) is 30.3 Å². The van der Waals surface area contributed by atoms with Crippen LogP contribution in [0.2, 0.25) is 0 Å². The summed E-state index contributed by atoms with van der Waals surface area (Å²) in [5.74, 6) is -0.535. The van der Waals surface area contributed by atoms with E-state index in [1.165, 1.54) is 10.6 Å². The molecule has 1 amide bonds. The molecule has 6 nitrogen and oxygen atoms in total. The Balaban J connectivity index is 1.55. The highest BCUT2D eigenvalue weighted by Gasteiger charge is 2.19. The molecule has 1 aromatic heterocycles. The second-order valence-corrected chi connectivity index (χ2v) is 7.08. The van der Waals surface area contributed by atoms with Gasteiger partial charge in [0.15, 0.2) is 11.8 Å². The van der Waals surface area contributed by atoms with Crippen molar-refractivity contribution < 1.29 is 15.0 Å². The number of amides is 1. The van der Waals surface area contributed by atoms with Crippen LogP contribution in [0.5, 0.6) is 11.8 Å². The lowest BCUT2D eigenvalue weighted by atomic mass is 9.52. The zero-order chi connectivity index (χ0) is 21.8. The summed E-state index contributed by atoms with van der Waals surface area (Å²) in [6.45, 7) is 0. The summed E-state index contributed by atoms with van der Waals surface area (Å²) in [4.78, 5) is 13.0. The van der Waals surface area contributed by atoms with Crippen molar-refractivity contribution >= 4 is 43.3 Å². The number of benzene rings is 3. The Hall–Kier alpha value is -4.06. The third-order valence-electron chi connectivity index (χ3n) is 5.01. The van der Waals surface area contributed by atoms with Crippen LogP contribution < -0.4 is 16.1 Å². The summed E-state index contributed by atoms with van der Waals surface area (Å²) < 4.78 is 1.28. The zero-order valence-corrected chi connectivity index (χ0v) is 17.0. The van der Waals surface area contributed by atoms with Gasteiger partial charge in [-0.15, -0.1) is 0 Å². The lowest BCUT2D eigenvalue weighted by Gasteiger charge is -2.13. The first-order valence-corrected chi connectivity index (χ1v) is 10.0. The van der Waals surface area contributed by atoms with Crippen LogP contribution in [0, 0.1) is 0 Å². The Morgan fingerprint density at radius 3 is 2.13 bits per heavy atom. The monoisotopic (exact) mass is 409 g/mol. The molecule has 4 rings (SSSR count). The first kappa shape index (κ1) is 20.2. The van der Waals surface area contributed by atoms with Crippen molar-refractivity contribution in [1.82, 2.24) is 4.57 Å². The van der Waals surface area contributed by atoms with E-state index < -0.39 is 0 Å². The van der Waals surface area contributed by atoms with Gasteiger partial charge in [0.25, 0.3) is 5.91 Å². The van der Waals surface area contributed by atoms with Gasteiger partial charge < -0.3 is 20.8 Å². The second kappa shape index (κ2) is 8.75. The summed E-state index contributed by atoms with van der Waals surface area (Å²) in [5, 5.41) is 27.0. The number of carbonyl (C=O) groups is 1. The average molecular weight is 409 g/mol. The van der Waals surface area contributed by atoms with Gasteiger partial charge >= 0.3 is 0 Å². The molecule has 152 valence electrons. The van der Waals surface area contributed by atoms with Gasteiger partial charge in [0.2, 0.25) is 0 Å². The minimum atomic E-state index is -0.343. The average Bonchev–Trinajstić information content (AvgIpc) is 3.08. The molecule has 1 heterocycles. The Kier molecular flexibility index (Phi) is 5.71. The topological polar surface area (TPSA) is 86.5 Å². The highest BCUT2D eigenvalue weighted by Crippen LogP contribution is 2.28. The summed E-state index contributed by atoms with van der Waals surface area (Å²) >= 11 is 0. The predicted octanol–water partition coefficient (Wildman–Crippen LogP) is 2.49. The van der Waals surface area contributed by atoms with Gasteiger partial charge in [-0.05, 0) is 60.1 Å². The molecule has 3 aromatic carbocycles. The molecular formula is C23H21B2N3O3. The van der Waals surface area contributed by atoms with Crippen LogP contribution in [0.25, 0.3) is 5.69 Å². The van der Waals surface area contributed by atoms with Gasteiger partial charge in [-0.2, -0.15) is 0 Å². The molecular weight excluding hydrogens is 388 g/mol. The summed E-state index contributed by atoms with van der Waals surface area (Å²) in [5.41, 5.74) is 3.85. The zero-order valence-electron chi connectivity index (χ0n) is 17.0. The number of aromatic hydroxyl groups is 2. The van der Waals surface area contributed by atoms with E-state index in [4.69, 9.17) is 0 Å². The molecule has 0 aliphatic heterocycles. The van der Waals surface area contributed by atoms with Crippen LogP contribution >= 0.6 is 0 Å². The van der Waals surface area contributed by atoms with Crippen molar-refractivity contribution in [1.29, 1.82) is 0 Å². The fourth-order valence-electron chi connectivity index (χ4n) is 3.42. The highest BCUT2D eigenvalue weighted by atomic mass is 16.3. The van der Waals surface area contributed by atoms with E-state index in [0.29, 0.717) is 29.6 Å². The molecule has 31 heavy (non-hydrogen) atoms. The normalized spacial score (nSPS) is 10.5. The van der Waals surface area contributed by atoms with Crippen molar-refractivity contribution in [3.8, 4) is 17.4 Å². The molecule has 0 aliphatic rings. The smallest absolute Gasteiger partial charge is 0.257 e. The predicted molar refractivity (Wildman–Crippen MR) is 129 cm³/mol.